The van der Waals surface area contributed by atoms with Gasteiger partial charge in [-0.15, -0.1) is 0 Å². The molecule has 5 rings (SSSR count). The molecule has 7 nitrogen and oxygen atoms in total. The Balaban J connectivity index is 1.46. The Bertz CT molecular complexity index is 1370. The van der Waals surface area contributed by atoms with Gasteiger partial charge >= 0.3 is 5.97 Å². The minimum absolute atomic E-state index is 0.0218. The number of fused-ring (bicyclic) bond motifs is 1. The predicted molar refractivity (Wildman–Crippen MR) is 147 cm³/mol. The Morgan fingerprint density at radius 3 is 2.66 bits per heavy atom. The molecule has 1 aliphatic heterocycles. The second kappa shape index (κ2) is 10.3. The minimum Gasteiger partial charge on any atom is -0.474 e. The summed E-state index contributed by atoms with van der Waals surface area (Å²) in [7, 11) is 0. The maximum atomic E-state index is 13.7. The van der Waals surface area contributed by atoms with Crippen LogP contribution in [0.5, 0.6) is 5.88 Å². The number of nitrogen functional groups attached to an aromatic ring is 1. The number of esters is 1. The van der Waals surface area contributed by atoms with Crippen molar-refractivity contribution >= 4 is 28.6 Å². The van der Waals surface area contributed by atoms with Gasteiger partial charge < -0.3 is 20.6 Å². The van der Waals surface area contributed by atoms with Gasteiger partial charge in [-0.3, -0.25) is 9.69 Å². The van der Waals surface area contributed by atoms with Crippen LogP contribution in [-0.4, -0.2) is 54.4 Å². The van der Waals surface area contributed by atoms with E-state index in [0.717, 1.165) is 59.9 Å². The van der Waals surface area contributed by atoms with Crippen molar-refractivity contribution in [1.29, 1.82) is 5.41 Å². The molecular formula is C30H35FN4O3. The van der Waals surface area contributed by atoms with Crippen LogP contribution < -0.4 is 10.5 Å². The molecule has 0 atom stereocenters. The number of nitrogens with two attached hydrogens (primary N) is 1. The third kappa shape index (κ3) is 4.97. The Morgan fingerprint density at radius 2 is 2.00 bits per heavy atom. The third-order valence-electron chi connectivity index (χ3n) is 7.81. The van der Waals surface area contributed by atoms with Crippen LogP contribution in [0.3, 0.4) is 0 Å². The number of hydrogen-bond donors (Lipinski definition) is 2. The Labute approximate surface area is 222 Å². The first-order chi connectivity index (χ1) is 18.2. The van der Waals surface area contributed by atoms with Crippen LogP contribution >= 0.6 is 0 Å². The normalized spacial score (nSPS) is 21.1. The fraction of sp³-hybridized carbons (Fsp3) is 0.433. The lowest BCUT2D eigenvalue weighted by Gasteiger charge is -2.44. The molecule has 2 fully saturated rings. The molecular weight excluding hydrogens is 483 g/mol. The SMILES string of the molecule is CCOC(=O)CN1CCC2(CC(Oc3nc(C(C)C)c(-c4ccc(F)cc4)c4cc(C=N)c(N)cc34)C2)C1. The number of anilines is 1. The van der Waals surface area contributed by atoms with Crippen molar-refractivity contribution in [2.24, 2.45) is 5.41 Å². The van der Waals surface area contributed by atoms with E-state index in [1.54, 1.807) is 12.1 Å². The summed E-state index contributed by atoms with van der Waals surface area (Å²) in [6, 6.07) is 10.2. The van der Waals surface area contributed by atoms with Crippen molar-refractivity contribution in [3.05, 3.63) is 53.5 Å². The zero-order valence-electron chi connectivity index (χ0n) is 22.2. The molecule has 0 unspecified atom stereocenters. The first kappa shape index (κ1) is 26.1. The van der Waals surface area contributed by atoms with Gasteiger partial charge in [0, 0.05) is 35.0 Å². The van der Waals surface area contributed by atoms with Gasteiger partial charge in [0.05, 0.1) is 18.8 Å². The van der Waals surface area contributed by atoms with E-state index in [2.05, 4.69) is 18.7 Å². The summed E-state index contributed by atoms with van der Waals surface area (Å²) in [5.41, 5.74) is 10.2. The van der Waals surface area contributed by atoms with Crippen LogP contribution in [0.4, 0.5) is 10.1 Å². The van der Waals surface area contributed by atoms with Crippen molar-refractivity contribution in [2.45, 2.75) is 52.1 Å². The molecule has 1 spiro atoms. The molecule has 0 bridgehead atoms. The van der Waals surface area contributed by atoms with Crippen molar-refractivity contribution in [1.82, 2.24) is 9.88 Å². The van der Waals surface area contributed by atoms with E-state index in [1.807, 2.05) is 19.1 Å². The fourth-order valence-electron chi connectivity index (χ4n) is 5.97. The van der Waals surface area contributed by atoms with Gasteiger partial charge in [0.2, 0.25) is 5.88 Å². The van der Waals surface area contributed by atoms with Crippen molar-refractivity contribution in [3.63, 3.8) is 0 Å². The molecule has 8 heteroatoms. The quantitative estimate of drug-likeness (QED) is 0.231. The average molecular weight is 519 g/mol. The second-order valence-corrected chi connectivity index (χ2v) is 10.9. The summed E-state index contributed by atoms with van der Waals surface area (Å²) in [4.78, 5) is 19.1. The smallest absolute Gasteiger partial charge is 0.320 e. The van der Waals surface area contributed by atoms with E-state index in [4.69, 9.17) is 25.6 Å². The summed E-state index contributed by atoms with van der Waals surface area (Å²) < 4.78 is 25.4. The molecule has 2 aromatic carbocycles. The summed E-state index contributed by atoms with van der Waals surface area (Å²) in [6.07, 6.45) is 4.11. The minimum atomic E-state index is -0.298. The number of halogens is 1. The van der Waals surface area contributed by atoms with Crippen LogP contribution in [0, 0.1) is 16.6 Å². The molecule has 2 aliphatic rings. The van der Waals surface area contributed by atoms with E-state index in [1.165, 1.54) is 18.3 Å². The molecule has 2 heterocycles. The van der Waals surface area contributed by atoms with Gasteiger partial charge in [-0.2, -0.15) is 0 Å². The number of carbonyl (C=O) groups excluding carboxylic acids is 1. The van der Waals surface area contributed by atoms with E-state index in [0.29, 0.717) is 30.3 Å². The highest BCUT2D eigenvalue weighted by atomic mass is 19.1. The van der Waals surface area contributed by atoms with Crippen LogP contribution in [0.25, 0.3) is 21.9 Å². The average Bonchev–Trinajstić information content (AvgIpc) is 3.27. The van der Waals surface area contributed by atoms with Crippen LogP contribution in [0.1, 0.15) is 57.2 Å². The van der Waals surface area contributed by atoms with E-state index in [-0.39, 0.29) is 29.2 Å². The second-order valence-electron chi connectivity index (χ2n) is 10.9. The molecule has 0 amide bonds. The topological polar surface area (TPSA) is 102 Å². The lowest BCUT2D eigenvalue weighted by Crippen LogP contribution is -2.46. The summed E-state index contributed by atoms with van der Waals surface area (Å²) in [5.74, 6) is 0.158. The van der Waals surface area contributed by atoms with Gasteiger partial charge in [0.15, 0.2) is 0 Å². The first-order valence-electron chi connectivity index (χ1n) is 13.3. The lowest BCUT2D eigenvalue weighted by molar-refractivity contribution is -0.144. The highest BCUT2D eigenvalue weighted by Crippen LogP contribution is 2.50. The highest BCUT2D eigenvalue weighted by Gasteiger charge is 2.50. The number of ether oxygens (including phenoxy) is 2. The Kier molecular flexibility index (Phi) is 7.09. The molecule has 3 N–H and O–H groups in total. The largest absolute Gasteiger partial charge is 0.474 e. The number of pyridine rings is 1. The fourth-order valence-corrected chi connectivity index (χ4v) is 5.97. The van der Waals surface area contributed by atoms with E-state index >= 15 is 0 Å². The van der Waals surface area contributed by atoms with Gasteiger partial charge in [-0.25, -0.2) is 9.37 Å². The maximum Gasteiger partial charge on any atom is 0.320 e. The molecule has 200 valence electrons. The van der Waals surface area contributed by atoms with E-state index < -0.39 is 0 Å². The zero-order valence-corrected chi connectivity index (χ0v) is 22.2. The number of rotatable bonds is 8. The Hall–Kier alpha value is -3.52. The van der Waals surface area contributed by atoms with Crippen LogP contribution in [0.15, 0.2) is 36.4 Å². The first-order valence-corrected chi connectivity index (χ1v) is 13.3. The van der Waals surface area contributed by atoms with Crippen molar-refractivity contribution in [2.75, 3.05) is 32.0 Å². The summed E-state index contributed by atoms with van der Waals surface area (Å²) in [5, 5.41) is 9.51. The molecule has 1 aliphatic carbocycles. The van der Waals surface area contributed by atoms with Gasteiger partial charge in [-0.05, 0) is 79.3 Å². The highest BCUT2D eigenvalue weighted by molar-refractivity contribution is 6.05. The predicted octanol–water partition coefficient (Wildman–Crippen LogP) is 5.54. The van der Waals surface area contributed by atoms with Crippen LogP contribution in [0.2, 0.25) is 0 Å². The number of nitrogens with one attached hydrogen (secondary N) is 1. The van der Waals surface area contributed by atoms with Gasteiger partial charge in [0.25, 0.3) is 0 Å². The van der Waals surface area contributed by atoms with E-state index in [9.17, 15) is 9.18 Å². The number of likely N-dealkylation sites (tertiary alicyclic amines) is 1. The Morgan fingerprint density at radius 1 is 1.26 bits per heavy atom. The summed E-state index contributed by atoms with van der Waals surface area (Å²) >= 11 is 0. The number of benzene rings is 2. The standard InChI is InChI=1S/C30H35FN4O3/c1-4-37-26(36)16-35-10-9-30(17-35)13-22(14-30)38-29-24-12-25(33)20(15-32)11-23(24)27(28(34-29)18(2)3)19-5-7-21(31)8-6-19/h5-8,11-12,15,18,22,32H,4,9-10,13-14,16-17,33H2,1-3H3. The lowest BCUT2D eigenvalue weighted by atomic mass is 9.66. The monoisotopic (exact) mass is 518 g/mol. The van der Waals surface area contributed by atoms with Gasteiger partial charge in [-0.1, -0.05) is 26.0 Å². The zero-order chi connectivity index (χ0) is 27.0. The molecule has 0 radical (unpaired) electrons. The van der Waals surface area contributed by atoms with Crippen molar-refractivity contribution < 1.29 is 18.7 Å². The van der Waals surface area contributed by atoms with Gasteiger partial charge in [0.1, 0.15) is 11.9 Å². The van der Waals surface area contributed by atoms with Crippen LogP contribution in [-0.2, 0) is 9.53 Å². The summed E-state index contributed by atoms with van der Waals surface area (Å²) in [6.45, 7) is 8.48. The van der Waals surface area contributed by atoms with Crippen molar-refractivity contribution in [3.8, 4) is 17.0 Å². The number of nitrogens with zero attached hydrogens (tertiary/aromatic N) is 2. The molecule has 1 aromatic heterocycles. The number of hydrogen-bond acceptors (Lipinski definition) is 7. The molecule has 3 aromatic rings. The number of aromatic nitrogens is 1. The molecule has 1 saturated carbocycles. The molecule has 1 saturated heterocycles. The molecule has 38 heavy (non-hydrogen) atoms. The number of carbonyl (C=O) groups is 1. The third-order valence-corrected chi connectivity index (χ3v) is 7.81. The maximum absolute atomic E-state index is 13.7.